The van der Waals surface area contributed by atoms with E-state index in [1.807, 2.05) is 24.3 Å². The normalized spacial score (nSPS) is 12.6. The summed E-state index contributed by atoms with van der Waals surface area (Å²) in [4.78, 5) is 0. The molecule has 4 heteroatoms. The Morgan fingerprint density at radius 1 is 1.39 bits per heavy atom. The lowest BCUT2D eigenvalue weighted by atomic mass is 10.0. The Balaban J connectivity index is 2.26. The van der Waals surface area contributed by atoms with Crippen molar-refractivity contribution in [2.24, 2.45) is 0 Å². The van der Waals surface area contributed by atoms with Crippen molar-refractivity contribution in [1.29, 1.82) is 0 Å². The van der Waals surface area contributed by atoms with E-state index in [2.05, 4.69) is 28.2 Å². The standard InChI is InChI=1S/C14H15BrClNO/c1-2-17-14(7-10-5-6-18-9-10)12-8-11(16)3-4-13(12)15/h3-6,8-9,14,17H,2,7H2,1H3. The maximum Gasteiger partial charge on any atom is 0.0935 e. The minimum Gasteiger partial charge on any atom is -0.472 e. The predicted molar refractivity (Wildman–Crippen MR) is 78.0 cm³/mol. The van der Waals surface area contributed by atoms with Crippen LogP contribution < -0.4 is 5.32 Å². The van der Waals surface area contributed by atoms with Crippen LogP contribution in [0.1, 0.15) is 24.1 Å². The number of hydrogen-bond acceptors (Lipinski definition) is 2. The zero-order valence-corrected chi connectivity index (χ0v) is 12.5. The van der Waals surface area contributed by atoms with Crippen LogP contribution in [-0.2, 0) is 6.42 Å². The zero-order valence-electron chi connectivity index (χ0n) is 10.1. The fourth-order valence-electron chi connectivity index (χ4n) is 1.96. The van der Waals surface area contributed by atoms with Gasteiger partial charge in [0.2, 0.25) is 0 Å². The second-order valence-electron chi connectivity index (χ2n) is 4.11. The Labute approximate surface area is 120 Å². The molecule has 0 aliphatic carbocycles. The quantitative estimate of drug-likeness (QED) is 0.868. The van der Waals surface area contributed by atoms with E-state index in [0.717, 1.165) is 22.5 Å². The summed E-state index contributed by atoms with van der Waals surface area (Å²) in [5.74, 6) is 0. The average Bonchev–Trinajstić information content (AvgIpc) is 2.85. The molecule has 1 aromatic heterocycles. The molecular weight excluding hydrogens is 314 g/mol. The van der Waals surface area contributed by atoms with Gasteiger partial charge >= 0.3 is 0 Å². The Bertz CT molecular complexity index is 499. The molecule has 0 saturated heterocycles. The summed E-state index contributed by atoms with van der Waals surface area (Å²) >= 11 is 9.66. The summed E-state index contributed by atoms with van der Waals surface area (Å²) in [6.45, 7) is 3.00. The fraction of sp³-hybridized carbons (Fsp3) is 0.286. The summed E-state index contributed by atoms with van der Waals surface area (Å²) in [6, 6.07) is 8.08. The van der Waals surface area contributed by atoms with Gasteiger partial charge in [0.15, 0.2) is 0 Å². The molecule has 0 spiro atoms. The summed E-state index contributed by atoms with van der Waals surface area (Å²) in [6.07, 6.45) is 4.36. The van der Waals surface area contributed by atoms with Gasteiger partial charge in [0, 0.05) is 15.5 Å². The number of benzene rings is 1. The Morgan fingerprint density at radius 3 is 2.89 bits per heavy atom. The number of likely N-dealkylation sites (N-methyl/N-ethyl adjacent to an activating group) is 1. The van der Waals surface area contributed by atoms with Gasteiger partial charge in [-0.15, -0.1) is 0 Å². The number of furan rings is 1. The van der Waals surface area contributed by atoms with Crippen LogP contribution in [0.15, 0.2) is 45.7 Å². The van der Waals surface area contributed by atoms with Crippen LogP contribution in [0.5, 0.6) is 0 Å². The van der Waals surface area contributed by atoms with E-state index in [9.17, 15) is 0 Å². The first-order valence-corrected chi connectivity index (χ1v) is 7.07. The SMILES string of the molecule is CCNC(Cc1ccoc1)c1cc(Cl)ccc1Br. The van der Waals surface area contributed by atoms with Crippen molar-refractivity contribution in [2.75, 3.05) is 6.54 Å². The summed E-state index contributed by atoms with van der Waals surface area (Å²) in [7, 11) is 0. The van der Waals surface area contributed by atoms with Crippen LogP contribution >= 0.6 is 27.5 Å². The molecule has 1 heterocycles. The van der Waals surface area contributed by atoms with Crippen LogP contribution in [0.4, 0.5) is 0 Å². The maximum absolute atomic E-state index is 6.08. The Hall–Kier alpha value is -0.770. The summed E-state index contributed by atoms with van der Waals surface area (Å²) in [5, 5.41) is 4.23. The Morgan fingerprint density at radius 2 is 2.22 bits per heavy atom. The molecule has 2 aromatic rings. The highest BCUT2D eigenvalue weighted by atomic mass is 79.9. The molecule has 0 aliphatic rings. The smallest absolute Gasteiger partial charge is 0.0935 e. The lowest BCUT2D eigenvalue weighted by molar-refractivity contribution is 0.533. The molecule has 0 radical (unpaired) electrons. The first-order valence-electron chi connectivity index (χ1n) is 5.90. The summed E-state index contributed by atoms with van der Waals surface area (Å²) in [5.41, 5.74) is 2.35. The molecular formula is C14H15BrClNO. The number of nitrogens with one attached hydrogen (secondary N) is 1. The first-order chi connectivity index (χ1) is 8.70. The molecule has 0 bridgehead atoms. The van der Waals surface area contributed by atoms with Gasteiger partial charge in [-0.1, -0.05) is 34.5 Å². The minimum atomic E-state index is 0.223. The molecule has 0 fully saturated rings. The molecule has 0 amide bonds. The maximum atomic E-state index is 6.08. The van der Waals surface area contributed by atoms with E-state index in [1.54, 1.807) is 12.5 Å². The highest BCUT2D eigenvalue weighted by Crippen LogP contribution is 2.29. The summed E-state index contributed by atoms with van der Waals surface area (Å²) < 4.78 is 6.19. The second-order valence-corrected chi connectivity index (χ2v) is 5.40. The molecule has 0 aliphatic heterocycles. The topological polar surface area (TPSA) is 25.2 Å². The van der Waals surface area contributed by atoms with E-state index >= 15 is 0 Å². The molecule has 1 N–H and O–H groups in total. The van der Waals surface area contributed by atoms with Crippen molar-refractivity contribution >= 4 is 27.5 Å². The van der Waals surface area contributed by atoms with Crippen LogP contribution in [0.2, 0.25) is 5.02 Å². The monoisotopic (exact) mass is 327 g/mol. The minimum absolute atomic E-state index is 0.223. The third kappa shape index (κ3) is 3.37. The number of rotatable bonds is 5. The van der Waals surface area contributed by atoms with Crippen molar-refractivity contribution < 1.29 is 4.42 Å². The van der Waals surface area contributed by atoms with Crippen molar-refractivity contribution in [3.05, 3.63) is 57.4 Å². The van der Waals surface area contributed by atoms with Crippen LogP contribution in [-0.4, -0.2) is 6.54 Å². The average molecular weight is 329 g/mol. The Kier molecular flexibility index (Phi) is 4.87. The molecule has 0 saturated carbocycles. The number of hydrogen-bond donors (Lipinski definition) is 1. The van der Waals surface area contributed by atoms with E-state index < -0.39 is 0 Å². The van der Waals surface area contributed by atoms with E-state index in [1.165, 1.54) is 11.1 Å². The van der Waals surface area contributed by atoms with Crippen molar-refractivity contribution in [2.45, 2.75) is 19.4 Å². The largest absolute Gasteiger partial charge is 0.472 e. The van der Waals surface area contributed by atoms with Crippen molar-refractivity contribution in [1.82, 2.24) is 5.32 Å². The first kappa shape index (κ1) is 13.7. The van der Waals surface area contributed by atoms with Gasteiger partial charge in [-0.25, -0.2) is 0 Å². The fourth-order valence-corrected chi connectivity index (χ4v) is 2.67. The van der Waals surface area contributed by atoms with Gasteiger partial charge in [0.25, 0.3) is 0 Å². The van der Waals surface area contributed by atoms with Gasteiger partial charge in [-0.2, -0.15) is 0 Å². The van der Waals surface area contributed by atoms with Crippen molar-refractivity contribution in [3.8, 4) is 0 Å². The lowest BCUT2D eigenvalue weighted by Gasteiger charge is -2.19. The molecule has 1 unspecified atom stereocenters. The molecule has 1 atom stereocenters. The van der Waals surface area contributed by atoms with Gasteiger partial charge in [-0.3, -0.25) is 0 Å². The van der Waals surface area contributed by atoms with Gasteiger partial charge < -0.3 is 9.73 Å². The van der Waals surface area contributed by atoms with Gasteiger partial charge in [-0.05, 0) is 48.4 Å². The zero-order chi connectivity index (χ0) is 13.0. The lowest BCUT2D eigenvalue weighted by Crippen LogP contribution is -2.23. The molecule has 18 heavy (non-hydrogen) atoms. The van der Waals surface area contributed by atoms with Gasteiger partial charge in [0.1, 0.15) is 0 Å². The van der Waals surface area contributed by atoms with Crippen molar-refractivity contribution in [3.63, 3.8) is 0 Å². The van der Waals surface area contributed by atoms with Crippen LogP contribution in [0, 0.1) is 0 Å². The highest BCUT2D eigenvalue weighted by Gasteiger charge is 2.15. The highest BCUT2D eigenvalue weighted by molar-refractivity contribution is 9.10. The predicted octanol–water partition coefficient (Wildman–Crippen LogP) is 4.59. The third-order valence-corrected chi connectivity index (χ3v) is 3.76. The molecule has 96 valence electrons. The third-order valence-electron chi connectivity index (χ3n) is 2.80. The van der Waals surface area contributed by atoms with E-state index in [0.29, 0.717) is 0 Å². The van der Waals surface area contributed by atoms with Gasteiger partial charge in [0.05, 0.1) is 12.5 Å². The van der Waals surface area contributed by atoms with E-state index in [4.69, 9.17) is 16.0 Å². The molecule has 2 nitrogen and oxygen atoms in total. The molecule has 2 rings (SSSR count). The van der Waals surface area contributed by atoms with Crippen LogP contribution in [0.25, 0.3) is 0 Å². The molecule has 1 aromatic carbocycles. The van der Waals surface area contributed by atoms with E-state index in [-0.39, 0.29) is 6.04 Å². The second kappa shape index (κ2) is 6.41. The van der Waals surface area contributed by atoms with Crippen LogP contribution in [0.3, 0.4) is 0 Å². The number of halogens is 2.